The van der Waals surface area contributed by atoms with E-state index in [1.165, 1.54) is 18.2 Å². The molecule has 0 bridgehead atoms. The van der Waals surface area contributed by atoms with E-state index >= 15 is 0 Å². The zero-order valence-corrected chi connectivity index (χ0v) is 16.3. The number of carbonyl (C=O) groups is 1. The molecule has 1 aliphatic heterocycles. The molecule has 0 saturated heterocycles. The van der Waals surface area contributed by atoms with Crippen LogP contribution in [0.4, 0.5) is 10.5 Å². The van der Waals surface area contributed by atoms with Gasteiger partial charge in [0.2, 0.25) is 0 Å². The first-order chi connectivity index (χ1) is 13.7. The van der Waals surface area contributed by atoms with Gasteiger partial charge in [-0.1, -0.05) is 48.5 Å². The maximum atomic E-state index is 11.2. The Morgan fingerprint density at radius 3 is 2.50 bits per heavy atom. The number of methoxy groups -OCH3 is 1. The van der Waals surface area contributed by atoms with Crippen LogP contribution < -0.4 is 10.6 Å². The first-order valence-corrected chi connectivity index (χ1v) is 9.33. The van der Waals surface area contributed by atoms with E-state index in [9.17, 15) is 4.79 Å². The number of nitrogens with one attached hydrogen (secondary N) is 2. The lowest BCUT2D eigenvalue weighted by Crippen LogP contribution is -2.43. The molecular weight excluding hydrogens is 352 g/mol. The monoisotopic (exact) mass is 378 g/mol. The van der Waals surface area contributed by atoms with E-state index in [0.717, 1.165) is 31.0 Å². The second-order valence-corrected chi connectivity index (χ2v) is 6.51. The van der Waals surface area contributed by atoms with Crippen LogP contribution in [0, 0.1) is 0 Å². The number of benzene rings is 2. The Balaban J connectivity index is 1.54. The third kappa shape index (κ3) is 5.13. The quantitative estimate of drug-likeness (QED) is 0.628. The van der Waals surface area contributed by atoms with Crippen molar-refractivity contribution in [1.29, 1.82) is 0 Å². The van der Waals surface area contributed by atoms with Gasteiger partial charge in [-0.05, 0) is 35.3 Å². The van der Waals surface area contributed by atoms with Crippen LogP contribution in [0.15, 0.2) is 65.7 Å². The van der Waals surface area contributed by atoms with Crippen LogP contribution in [-0.4, -0.2) is 44.2 Å². The molecule has 1 amide bonds. The molecule has 28 heavy (non-hydrogen) atoms. The molecule has 1 aliphatic rings. The topological polar surface area (TPSA) is 66.0 Å². The molecule has 0 saturated carbocycles. The van der Waals surface area contributed by atoms with Gasteiger partial charge >= 0.3 is 6.09 Å². The molecule has 0 aromatic heterocycles. The van der Waals surface area contributed by atoms with Crippen molar-refractivity contribution in [3.8, 4) is 0 Å². The molecule has 6 nitrogen and oxygen atoms in total. The number of aliphatic imine (C=N–C) groups is 1. The second-order valence-electron chi connectivity index (χ2n) is 6.51. The zero-order valence-electron chi connectivity index (χ0n) is 16.3. The van der Waals surface area contributed by atoms with Crippen molar-refractivity contribution in [3.05, 3.63) is 71.8 Å². The first kappa shape index (κ1) is 19.5. The van der Waals surface area contributed by atoms with Gasteiger partial charge in [0.1, 0.15) is 0 Å². The fourth-order valence-corrected chi connectivity index (χ4v) is 3.16. The number of ether oxygens (including phenoxy) is 1. The third-order valence-electron chi connectivity index (χ3n) is 4.70. The van der Waals surface area contributed by atoms with E-state index < -0.39 is 6.09 Å². The number of hydrogen-bond acceptors (Lipinski definition) is 3. The van der Waals surface area contributed by atoms with Crippen LogP contribution in [0.1, 0.15) is 17.5 Å². The van der Waals surface area contributed by atoms with Crippen LogP contribution in [0.25, 0.3) is 5.57 Å². The average molecular weight is 378 g/mol. The molecule has 0 atom stereocenters. The normalized spacial score (nSPS) is 14.3. The Morgan fingerprint density at radius 2 is 1.89 bits per heavy atom. The summed E-state index contributed by atoms with van der Waals surface area (Å²) in [6, 6.07) is 18.2. The Kier molecular flexibility index (Phi) is 6.68. The highest BCUT2D eigenvalue weighted by atomic mass is 16.5. The van der Waals surface area contributed by atoms with Gasteiger partial charge in [-0.15, -0.1) is 0 Å². The molecule has 2 aromatic carbocycles. The third-order valence-corrected chi connectivity index (χ3v) is 4.70. The maximum Gasteiger partial charge on any atom is 0.411 e. The first-order valence-electron chi connectivity index (χ1n) is 9.33. The molecule has 0 fully saturated rings. The van der Waals surface area contributed by atoms with E-state index in [1.807, 2.05) is 37.4 Å². The van der Waals surface area contributed by atoms with Gasteiger partial charge in [0, 0.05) is 32.4 Å². The molecule has 2 aromatic rings. The van der Waals surface area contributed by atoms with Gasteiger partial charge in [-0.2, -0.15) is 0 Å². The van der Waals surface area contributed by atoms with Gasteiger partial charge in [0.25, 0.3) is 0 Å². The fraction of sp³-hybridized carbons (Fsp3) is 0.273. The standard InChI is InChI=1S/C22H26N4O2/c1-23-21(24-16-17-8-10-20(11-9-17)25-22(27)28-2)26-14-12-19(13-15-26)18-6-4-3-5-7-18/h3-12H,13-16H2,1-2H3,(H,23,24)(H,25,27). The van der Waals surface area contributed by atoms with Gasteiger partial charge in [-0.25, -0.2) is 4.79 Å². The lowest BCUT2D eigenvalue weighted by atomic mass is 10.00. The van der Waals surface area contributed by atoms with Gasteiger partial charge in [0.15, 0.2) is 5.96 Å². The van der Waals surface area contributed by atoms with Crippen molar-refractivity contribution in [2.75, 3.05) is 32.6 Å². The summed E-state index contributed by atoms with van der Waals surface area (Å²) in [6.45, 7) is 2.44. The van der Waals surface area contributed by atoms with Crippen molar-refractivity contribution in [1.82, 2.24) is 10.2 Å². The van der Waals surface area contributed by atoms with E-state index in [1.54, 1.807) is 0 Å². The summed E-state index contributed by atoms with van der Waals surface area (Å²) in [4.78, 5) is 17.9. The van der Waals surface area contributed by atoms with Gasteiger partial charge < -0.3 is 15.0 Å². The van der Waals surface area contributed by atoms with Crippen molar-refractivity contribution in [2.45, 2.75) is 13.0 Å². The minimum absolute atomic E-state index is 0.473. The number of carbonyl (C=O) groups excluding carboxylic acids is 1. The lowest BCUT2D eigenvalue weighted by Gasteiger charge is -2.29. The van der Waals surface area contributed by atoms with Gasteiger partial charge in [-0.3, -0.25) is 10.3 Å². The Morgan fingerprint density at radius 1 is 1.14 bits per heavy atom. The van der Waals surface area contributed by atoms with E-state index in [4.69, 9.17) is 0 Å². The highest BCUT2D eigenvalue weighted by Gasteiger charge is 2.16. The van der Waals surface area contributed by atoms with Crippen LogP contribution in [0.3, 0.4) is 0 Å². The highest BCUT2D eigenvalue weighted by Crippen LogP contribution is 2.22. The Labute approximate surface area is 165 Å². The number of anilines is 1. The number of amides is 1. The summed E-state index contributed by atoms with van der Waals surface area (Å²) in [5.41, 5.74) is 4.50. The second kappa shape index (κ2) is 9.60. The summed E-state index contributed by atoms with van der Waals surface area (Å²) in [5.74, 6) is 0.889. The van der Waals surface area contributed by atoms with Crippen molar-refractivity contribution in [3.63, 3.8) is 0 Å². The largest absolute Gasteiger partial charge is 0.453 e. The molecule has 0 aliphatic carbocycles. The molecule has 1 heterocycles. The van der Waals surface area contributed by atoms with Crippen molar-refractivity contribution < 1.29 is 9.53 Å². The van der Waals surface area contributed by atoms with E-state index in [-0.39, 0.29) is 0 Å². The minimum atomic E-state index is -0.473. The number of nitrogens with zero attached hydrogens (tertiary/aromatic N) is 2. The maximum absolute atomic E-state index is 11.2. The van der Waals surface area contributed by atoms with Crippen LogP contribution in [-0.2, 0) is 11.3 Å². The number of rotatable bonds is 4. The fourth-order valence-electron chi connectivity index (χ4n) is 3.16. The summed E-state index contributed by atoms with van der Waals surface area (Å²) in [6.07, 6.45) is 2.80. The summed E-state index contributed by atoms with van der Waals surface area (Å²) in [7, 11) is 3.15. The van der Waals surface area contributed by atoms with Gasteiger partial charge in [0.05, 0.1) is 7.11 Å². The predicted octanol–water partition coefficient (Wildman–Crippen LogP) is 3.73. The van der Waals surface area contributed by atoms with E-state index in [0.29, 0.717) is 12.2 Å². The molecule has 0 spiro atoms. The molecule has 146 valence electrons. The number of hydrogen-bond donors (Lipinski definition) is 2. The molecular formula is C22H26N4O2. The number of guanidine groups is 1. The SMILES string of the molecule is CN=C(NCc1ccc(NC(=O)OC)cc1)N1CC=C(c2ccccc2)CC1. The zero-order chi connectivity index (χ0) is 19.8. The van der Waals surface area contributed by atoms with Crippen LogP contribution >= 0.6 is 0 Å². The predicted molar refractivity (Wildman–Crippen MR) is 113 cm³/mol. The lowest BCUT2D eigenvalue weighted by molar-refractivity contribution is 0.187. The minimum Gasteiger partial charge on any atom is -0.453 e. The summed E-state index contributed by atoms with van der Waals surface area (Å²) < 4.78 is 4.59. The average Bonchev–Trinajstić information content (AvgIpc) is 2.76. The molecule has 0 radical (unpaired) electrons. The molecule has 2 N–H and O–H groups in total. The van der Waals surface area contributed by atoms with Crippen molar-refractivity contribution in [2.24, 2.45) is 4.99 Å². The highest BCUT2D eigenvalue weighted by molar-refractivity contribution is 5.84. The molecule has 6 heteroatoms. The summed E-state index contributed by atoms with van der Waals surface area (Å²) in [5, 5.41) is 6.06. The van der Waals surface area contributed by atoms with Crippen LogP contribution in [0.2, 0.25) is 0 Å². The van der Waals surface area contributed by atoms with E-state index in [2.05, 4.69) is 55.6 Å². The van der Waals surface area contributed by atoms with Crippen LogP contribution in [0.5, 0.6) is 0 Å². The summed E-state index contributed by atoms with van der Waals surface area (Å²) >= 11 is 0. The molecule has 0 unspecified atom stereocenters. The van der Waals surface area contributed by atoms with Crippen molar-refractivity contribution >= 4 is 23.3 Å². The smallest absolute Gasteiger partial charge is 0.411 e. The Bertz CT molecular complexity index is 845. The molecule has 3 rings (SSSR count). The Hall–Kier alpha value is -3.28.